The summed E-state index contributed by atoms with van der Waals surface area (Å²) in [6.07, 6.45) is 3.86. The summed E-state index contributed by atoms with van der Waals surface area (Å²) in [7, 11) is 1.81. The lowest BCUT2D eigenvalue weighted by Crippen LogP contribution is -2.43. The van der Waals surface area contributed by atoms with Gasteiger partial charge < -0.3 is 15.2 Å². The normalized spacial score (nSPS) is 14.6. The first-order valence-corrected chi connectivity index (χ1v) is 9.77. The Bertz CT molecular complexity index is 697. The maximum absolute atomic E-state index is 4.30. The first kappa shape index (κ1) is 21.1. The van der Waals surface area contributed by atoms with Gasteiger partial charge in [0.15, 0.2) is 5.96 Å². The monoisotopic (exact) mass is 489 g/mol. The molecular weight excluding hydrogens is 461 g/mol. The fraction of sp³-hybridized carbons (Fsp3) is 0.588. The van der Waals surface area contributed by atoms with Crippen molar-refractivity contribution in [2.45, 2.75) is 32.9 Å². The van der Waals surface area contributed by atoms with Gasteiger partial charge in [0.25, 0.3) is 0 Å². The summed E-state index contributed by atoms with van der Waals surface area (Å²) in [5, 5.41) is 17.0. The van der Waals surface area contributed by atoms with Gasteiger partial charge in [0.2, 0.25) is 0 Å². The summed E-state index contributed by atoms with van der Waals surface area (Å²) in [5.41, 5.74) is 1.50. The molecule has 0 amide bonds. The van der Waals surface area contributed by atoms with E-state index in [1.165, 1.54) is 12.0 Å². The topological polar surface area (TPSA) is 70.4 Å². The van der Waals surface area contributed by atoms with Crippen molar-refractivity contribution in [3.8, 4) is 0 Å². The molecule has 0 aliphatic carbocycles. The summed E-state index contributed by atoms with van der Waals surface area (Å²) < 4.78 is 2.08. The zero-order valence-corrected chi connectivity index (χ0v) is 18.6. The summed E-state index contributed by atoms with van der Waals surface area (Å²) in [5.74, 6) is 1.86. The van der Waals surface area contributed by atoms with Crippen LogP contribution in [0.3, 0.4) is 0 Å². The molecule has 0 fully saturated rings. The molecule has 2 aromatic heterocycles. The van der Waals surface area contributed by atoms with E-state index in [1.54, 1.807) is 11.2 Å². The molecule has 26 heavy (non-hydrogen) atoms. The standard InChI is InChI=1S/C17H27N7S.HI/c1-3-16-22-21-13-24(16)10-7-20-17(18-2)19-6-9-23-8-4-15-14(12-23)5-11-25-15;/h5,11,13H,3-4,6-10,12H2,1-2H3,(H2,18,19,20);1H. The molecule has 3 heterocycles. The molecule has 2 N–H and O–H groups in total. The number of fused-ring (bicyclic) bond motifs is 1. The third-order valence-corrected chi connectivity index (χ3v) is 5.51. The van der Waals surface area contributed by atoms with Crippen molar-refractivity contribution in [1.29, 1.82) is 0 Å². The number of nitrogens with zero attached hydrogens (tertiary/aromatic N) is 5. The van der Waals surface area contributed by atoms with E-state index in [0.717, 1.165) is 57.5 Å². The van der Waals surface area contributed by atoms with Crippen LogP contribution >= 0.6 is 35.3 Å². The van der Waals surface area contributed by atoms with Crippen LogP contribution in [0.5, 0.6) is 0 Å². The SMILES string of the molecule is CCc1nncn1CCNC(=NC)NCCN1CCc2sccc2C1.I. The molecule has 0 radical (unpaired) electrons. The molecule has 0 saturated heterocycles. The van der Waals surface area contributed by atoms with Crippen molar-refractivity contribution >= 4 is 41.3 Å². The lowest BCUT2D eigenvalue weighted by Gasteiger charge is -2.27. The molecule has 3 rings (SSSR count). The first-order valence-electron chi connectivity index (χ1n) is 8.89. The van der Waals surface area contributed by atoms with Crippen molar-refractivity contribution in [3.05, 3.63) is 34.0 Å². The fourth-order valence-corrected chi connectivity index (χ4v) is 3.97. The van der Waals surface area contributed by atoms with Crippen LogP contribution in [-0.2, 0) is 25.9 Å². The smallest absolute Gasteiger partial charge is 0.191 e. The van der Waals surface area contributed by atoms with Gasteiger partial charge in [-0.25, -0.2) is 0 Å². The fourth-order valence-electron chi connectivity index (χ4n) is 3.09. The number of nitrogens with one attached hydrogen (secondary N) is 2. The number of aryl methyl sites for hydroxylation is 1. The highest BCUT2D eigenvalue weighted by Crippen LogP contribution is 2.23. The molecule has 1 aliphatic heterocycles. The zero-order valence-electron chi connectivity index (χ0n) is 15.4. The van der Waals surface area contributed by atoms with Crippen molar-refractivity contribution in [3.63, 3.8) is 0 Å². The van der Waals surface area contributed by atoms with Crippen LogP contribution in [0.15, 0.2) is 22.8 Å². The van der Waals surface area contributed by atoms with Gasteiger partial charge in [0.1, 0.15) is 12.2 Å². The minimum atomic E-state index is 0. The van der Waals surface area contributed by atoms with Crippen LogP contribution in [0.4, 0.5) is 0 Å². The number of thiophene rings is 1. The number of aliphatic imine (C=N–C) groups is 1. The molecule has 9 heteroatoms. The number of hydrogen-bond donors (Lipinski definition) is 2. The molecule has 1 aliphatic rings. The van der Waals surface area contributed by atoms with E-state index in [-0.39, 0.29) is 24.0 Å². The molecule has 0 unspecified atom stereocenters. The van der Waals surface area contributed by atoms with E-state index in [9.17, 15) is 0 Å². The van der Waals surface area contributed by atoms with E-state index >= 15 is 0 Å². The lowest BCUT2D eigenvalue weighted by molar-refractivity contribution is 0.260. The van der Waals surface area contributed by atoms with Crippen LogP contribution in [-0.4, -0.2) is 58.9 Å². The van der Waals surface area contributed by atoms with Gasteiger partial charge in [0.05, 0.1) is 0 Å². The second-order valence-electron chi connectivity index (χ2n) is 6.12. The highest BCUT2D eigenvalue weighted by Gasteiger charge is 2.16. The summed E-state index contributed by atoms with van der Waals surface area (Å²) in [6, 6.07) is 2.26. The van der Waals surface area contributed by atoms with Crippen LogP contribution in [0.1, 0.15) is 23.2 Å². The minimum absolute atomic E-state index is 0. The van der Waals surface area contributed by atoms with Gasteiger partial charge in [-0.2, -0.15) is 0 Å². The Kier molecular flexibility index (Phi) is 8.79. The van der Waals surface area contributed by atoms with Gasteiger partial charge in [-0.05, 0) is 23.4 Å². The quantitative estimate of drug-likeness (QED) is 0.353. The van der Waals surface area contributed by atoms with Crippen molar-refractivity contribution in [2.24, 2.45) is 4.99 Å². The minimum Gasteiger partial charge on any atom is -0.355 e. The second-order valence-corrected chi connectivity index (χ2v) is 7.12. The Morgan fingerprint density at radius 1 is 1.31 bits per heavy atom. The average Bonchev–Trinajstić information content (AvgIpc) is 3.28. The highest BCUT2D eigenvalue weighted by atomic mass is 127. The van der Waals surface area contributed by atoms with Gasteiger partial charge in [-0.3, -0.25) is 9.89 Å². The Balaban J connectivity index is 0.00000243. The molecule has 0 atom stereocenters. The third-order valence-electron chi connectivity index (χ3n) is 4.49. The van der Waals surface area contributed by atoms with Crippen LogP contribution in [0, 0.1) is 0 Å². The molecule has 0 saturated carbocycles. The molecular formula is C17H28IN7S. The van der Waals surface area contributed by atoms with E-state index in [4.69, 9.17) is 0 Å². The maximum Gasteiger partial charge on any atom is 0.191 e. The molecule has 144 valence electrons. The lowest BCUT2D eigenvalue weighted by atomic mass is 10.1. The number of guanidine groups is 1. The van der Waals surface area contributed by atoms with Gasteiger partial charge in [-0.1, -0.05) is 6.92 Å². The van der Waals surface area contributed by atoms with E-state index < -0.39 is 0 Å². The molecule has 2 aromatic rings. The molecule has 0 spiro atoms. The van der Waals surface area contributed by atoms with Crippen molar-refractivity contribution in [2.75, 3.05) is 33.2 Å². The van der Waals surface area contributed by atoms with E-state index in [1.807, 2.05) is 18.4 Å². The van der Waals surface area contributed by atoms with Crippen molar-refractivity contribution in [1.82, 2.24) is 30.3 Å². The van der Waals surface area contributed by atoms with Crippen LogP contribution in [0.25, 0.3) is 0 Å². The largest absolute Gasteiger partial charge is 0.355 e. The first-order chi connectivity index (χ1) is 12.3. The Hall–Kier alpha value is -1.20. The number of aromatic nitrogens is 3. The predicted octanol–water partition coefficient (Wildman–Crippen LogP) is 1.74. The van der Waals surface area contributed by atoms with Crippen molar-refractivity contribution < 1.29 is 0 Å². The van der Waals surface area contributed by atoms with Crippen LogP contribution < -0.4 is 10.6 Å². The van der Waals surface area contributed by atoms with Gasteiger partial charge >= 0.3 is 0 Å². The van der Waals surface area contributed by atoms with E-state index in [0.29, 0.717) is 0 Å². The Labute approximate surface area is 176 Å². The number of rotatable bonds is 7. The van der Waals surface area contributed by atoms with Gasteiger partial charge in [-0.15, -0.1) is 45.5 Å². The Morgan fingerprint density at radius 3 is 2.88 bits per heavy atom. The van der Waals surface area contributed by atoms with Gasteiger partial charge in [0, 0.05) is 57.6 Å². The third kappa shape index (κ3) is 5.65. The number of hydrogen-bond acceptors (Lipinski definition) is 5. The highest BCUT2D eigenvalue weighted by molar-refractivity contribution is 14.0. The molecule has 7 nitrogen and oxygen atoms in total. The van der Waals surface area contributed by atoms with E-state index in [2.05, 4.69) is 53.7 Å². The average molecular weight is 489 g/mol. The second kappa shape index (κ2) is 10.8. The molecule has 0 aromatic carbocycles. The predicted molar refractivity (Wildman–Crippen MR) is 117 cm³/mol. The van der Waals surface area contributed by atoms with Crippen LogP contribution in [0.2, 0.25) is 0 Å². The summed E-state index contributed by atoms with van der Waals surface area (Å²) in [6.45, 7) is 7.87. The maximum atomic E-state index is 4.30. The number of halogens is 1. The molecule has 0 bridgehead atoms. The zero-order chi connectivity index (χ0) is 17.5. The summed E-state index contributed by atoms with van der Waals surface area (Å²) >= 11 is 1.89. The summed E-state index contributed by atoms with van der Waals surface area (Å²) in [4.78, 5) is 8.35. The Morgan fingerprint density at radius 2 is 2.12 bits per heavy atom.